The van der Waals surface area contributed by atoms with Crippen molar-refractivity contribution in [1.82, 2.24) is 0 Å². The first kappa shape index (κ1) is 20.4. The second kappa shape index (κ2) is 7.43. The predicted molar refractivity (Wildman–Crippen MR) is 111 cm³/mol. The molecule has 4 aliphatic carbocycles. The van der Waals surface area contributed by atoms with Crippen LogP contribution in [0.25, 0.3) is 0 Å². The van der Waals surface area contributed by atoms with E-state index in [4.69, 9.17) is 4.74 Å². The second-order valence-electron chi connectivity index (χ2n) is 11.2. The van der Waals surface area contributed by atoms with Crippen LogP contribution < -0.4 is 0 Å². The first-order valence-corrected chi connectivity index (χ1v) is 11.9. The molecule has 158 valence electrons. The van der Waals surface area contributed by atoms with Gasteiger partial charge in [0.15, 0.2) is 0 Å². The van der Waals surface area contributed by atoms with Gasteiger partial charge in [0.1, 0.15) is 5.78 Å². The molecule has 0 heterocycles. The minimum Gasteiger partial charge on any atom is -0.469 e. The fourth-order valence-electron chi connectivity index (χ4n) is 8.59. The van der Waals surface area contributed by atoms with Gasteiger partial charge in [-0.25, -0.2) is 0 Å². The van der Waals surface area contributed by atoms with E-state index in [1.54, 1.807) is 0 Å². The summed E-state index contributed by atoms with van der Waals surface area (Å²) in [5.41, 5.74) is 0.691. The highest BCUT2D eigenvalue weighted by Gasteiger charge is 2.62. The van der Waals surface area contributed by atoms with E-state index >= 15 is 0 Å². The van der Waals surface area contributed by atoms with E-state index in [1.165, 1.54) is 58.5 Å². The van der Waals surface area contributed by atoms with E-state index in [2.05, 4.69) is 20.8 Å². The summed E-state index contributed by atoms with van der Waals surface area (Å²) in [6.07, 6.45) is 12.6. The fourth-order valence-corrected chi connectivity index (χ4v) is 8.59. The third kappa shape index (κ3) is 3.06. The molecule has 4 aliphatic rings. The van der Waals surface area contributed by atoms with Crippen molar-refractivity contribution in [1.29, 1.82) is 0 Å². The van der Waals surface area contributed by atoms with Crippen molar-refractivity contribution in [3.8, 4) is 0 Å². The third-order valence-electron chi connectivity index (χ3n) is 10.2. The molecule has 0 aromatic carbocycles. The third-order valence-corrected chi connectivity index (χ3v) is 10.2. The Labute approximate surface area is 171 Å². The topological polar surface area (TPSA) is 43.4 Å². The van der Waals surface area contributed by atoms with Crippen molar-refractivity contribution < 1.29 is 14.3 Å². The summed E-state index contributed by atoms with van der Waals surface area (Å²) in [7, 11) is 1.48. The molecule has 3 nitrogen and oxygen atoms in total. The van der Waals surface area contributed by atoms with Gasteiger partial charge in [0.25, 0.3) is 0 Å². The molecule has 28 heavy (non-hydrogen) atoms. The van der Waals surface area contributed by atoms with Crippen molar-refractivity contribution in [3.63, 3.8) is 0 Å². The summed E-state index contributed by atoms with van der Waals surface area (Å²) >= 11 is 0. The van der Waals surface area contributed by atoms with E-state index < -0.39 is 0 Å². The average Bonchev–Trinajstić information content (AvgIpc) is 3.03. The normalized spacial score (nSPS) is 46.3. The number of hydrogen-bond acceptors (Lipinski definition) is 3. The lowest BCUT2D eigenvalue weighted by Gasteiger charge is -2.60. The van der Waals surface area contributed by atoms with Gasteiger partial charge in [0, 0.05) is 18.8 Å². The molecule has 8 atom stereocenters. The van der Waals surface area contributed by atoms with Crippen LogP contribution in [0.2, 0.25) is 0 Å². The molecule has 0 aromatic rings. The van der Waals surface area contributed by atoms with Crippen LogP contribution in [0.15, 0.2) is 0 Å². The summed E-state index contributed by atoms with van der Waals surface area (Å²) in [6.45, 7) is 7.35. The van der Waals surface area contributed by atoms with Crippen LogP contribution in [0.3, 0.4) is 0 Å². The predicted octanol–water partition coefficient (Wildman–Crippen LogP) is 5.80. The molecule has 0 unspecified atom stereocenters. The van der Waals surface area contributed by atoms with Crippen LogP contribution in [-0.2, 0) is 14.3 Å². The maximum atomic E-state index is 13.4. The number of methoxy groups -OCH3 is 1. The van der Waals surface area contributed by atoms with Gasteiger partial charge in [-0.05, 0) is 85.4 Å². The van der Waals surface area contributed by atoms with Crippen LogP contribution in [0, 0.1) is 46.3 Å². The maximum Gasteiger partial charge on any atom is 0.305 e. The molecule has 0 saturated heterocycles. The quantitative estimate of drug-likeness (QED) is 0.571. The van der Waals surface area contributed by atoms with Gasteiger partial charge in [0.05, 0.1) is 7.11 Å². The molecule has 0 aromatic heterocycles. The highest BCUT2D eigenvalue weighted by atomic mass is 16.5. The van der Waals surface area contributed by atoms with Crippen LogP contribution in [0.1, 0.15) is 91.4 Å². The summed E-state index contributed by atoms with van der Waals surface area (Å²) in [5.74, 6) is 3.86. The maximum absolute atomic E-state index is 13.4. The first-order chi connectivity index (χ1) is 13.3. The molecule has 4 rings (SSSR count). The molecule has 0 amide bonds. The lowest BCUT2D eigenvalue weighted by Crippen LogP contribution is -2.56. The molecule has 0 aliphatic heterocycles. The van der Waals surface area contributed by atoms with E-state index in [0.29, 0.717) is 53.1 Å². The van der Waals surface area contributed by atoms with Gasteiger partial charge in [-0.2, -0.15) is 0 Å². The van der Waals surface area contributed by atoms with Gasteiger partial charge in [-0.1, -0.05) is 33.6 Å². The summed E-state index contributed by atoms with van der Waals surface area (Å²) in [5, 5.41) is 0. The molecular weight excluding hydrogens is 348 g/mol. The molecule has 0 N–H and O–H groups in total. The zero-order valence-corrected chi connectivity index (χ0v) is 18.5. The summed E-state index contributed by atoms with van der Waals surface area (Å²) in [4.78, 5) is 25.0. The van der Waals surface area contributed by atoms with Crippen LogP contribution in [0.4, 0.5) is 0 Å². The lowest BCUT2D eigenvalue weighted by molar-refractivity contribution is -0.156. The first-order valence-electron chi connectivity index (χ1n) is 11.9. The van der Waals surface area contributed by atoms with Gasteiger partial charge in [0.2, 0.25) is 0 Å². The Balaban J connectivity index is 1.54. The lowest BCUT2D eigenvalue weighted by atomic mass is 9.44. The van der Waals surface area contributed by atoms with Gasteiger partial charge >= 0.3 is 5.97 Å². The molecule has 0 bridgehead atoms. The zero-order valence-electron chi connectivity index (χ0n) is 18.5. The van der Waals surface area contributed by atoms with Crippen LogP contribution >= 0.6 is 0 Å². The number of rotatable bonds is 4. The zero-order chi connectivity index (χ0) is 20.1. The number of esters is 1. The van der Waals surface area contributed by atoms with Crippen molar-refractivity contribution in [2.24, 2.45) is 46.3 Å². The van der Waals surface area contributed by atoms with Crippen molar-refractivity contribution >= 4 is 11.8 Å². The SMILES string of the molecule is COC(=O)CC[C@@H](C)[C@H]1CC[C@H]2[C@@H]3C(=O)C[C@@H]4CCCC[C@]4(C)[C@H]3CC[C@]12C. The summed E-state index contributed by atoms with van der Waals surface area (Å²) < 4.78 is 4.86. The Hall–Kier alpha value is -0.860. The monoisotopic (exact) mass is 388 g/mol. The van der Waals surface area contributed by atoms with Crippen molar-refractivity contribution in [3.05, 3.63) is 0 Å². The minimum absolute atomic E-state index is 0.0889. The van der Waals surface area contributed by atoms with Gasteiger partial charge in [-0.3, -0.25) is 9.59 Å². The molecule has 3 heteroatoms. The van der Waals surface area contributed by atoms with Crippen molar-refractivity contribution in [2.75, 3.05) is 7.11 Å². The number of Topliss-reactive ketones (excluding diaryl/α,β-unsaturated/α-hetero) is 1. The fraction of sp³-hybridized carbons (Fsp3) is 0.920. The van der Waals surface area contributed by atoms with E-state index in [0.717, 1.165) is 12.8 Å². The number of carbonyl (C=O) groups excluding carboxylic acids is 2. The molecule has 0 radical (unpaired) electrons. The molecule has 0 spiro atoms. The van der Waals surface area contributed by atoms with Gasteiger partial charge in [-0.15, -0.1) is 0 Å². The number of ketones is 1. The highest BCUT2D eigenvalue weighted by molar-refractivity contribution is 5.83. The Morgan fingerprint density at radius 1 is 1.07 bits per heavy atom. The minimum atomic E-state index is -0.0889. The molecular formula is C25H40O3. The number of ether oxygens (including phenoxy) is 1. The number of fused-ring (bicyclic) bond motifs is 5. The second-order valence-corrected chi connectivity index (χ2v) is 11.2. The van der Waals surface area contributed by atoms with Crippen LogP contribution in [0.5, 0.6) is 0 Å². The Morgan fingerprint density at radius 2 is 1.82 bits per heavy atom. The van der Waals surface area contributed by atoms with Crippen molar-refractivity contribution in [2.45, 2.75) is 91.4 Å². The average molecular weight is 389 g/mol. The Bertz CT molecular complexity index is 627. The Morgan fingerprint density at radius 3 is 2.57 bits per heavy atom. The largest absolute Gasteiger partial charge is 0.469 e. The number of hydrogen-bond donors (Lipinski definition) is 0. The standard InChI is InChI=1S/C25H40O3/c1-16(8-11-22(27)28-4)18-9-10-19-23-20(12-14-25(18,19)3)24(2)13-6-5-7-17(24)15-21(23)26/h16-20,23H,5-15H2,1-4H3/t16-,17+,18-,19+,20+,23+,24+,25-/m1/s1. The van der Waals surface area contributed by atoms with E-state index in [9.17, 15) is 9.59 Å². The Kier molecular flexibility index (Phi) is 5.42. The summed E-state index contributed by atoms with van der Waals surface area (Å²) in [6, 6.07) is 0. The molecule has 4 fully saturated rings. The van der Waals surface area contributed by atoms with E-state index in [1.807, 2.05) is 0 Å². The highest BCUT2D eigenvalue weighted by Crippen LogP contribution is 2.67. The smallest absolute Gasteiger partial charge is 0.305 e. The number of carbonyl (C=O) groups is 2. The van der Waals surface area contributed by atoms with Gasteiger partial charge < -0.3 is 4.74 Å². The van der Waals surface area contributed by atoms with Crippen LogP contribution in [-0.4, -0.2) is 18.9 Å². The van der Waals surface area contributed by atoms with E-state index in [-0.39, 0.29) is 11.4 Å². The molecule has 4 saturated carbocycles.